The van der Waals surface area contributed by atoms with E-state index >= 15 is 0 Å². The number of piperazine rings is 1. The summed E-state index contributed by atoms with van der Waals surface area (Å²) >= 11 is 0. The maximum atomic E-state index is 5.37. The monoisotopic (exact) mass is 340 g/mol. The highest BCUT2D eigenvalue weighted by molar-refractivity contribution is 5.99. The maximum Gasteiger partial charge on any atom is 0.161 e. The molecule has 6 nitrogen and oxygen atoms in total. The van der Waals surface area contributed by atoms with E-state index in [1.54, 1.807) is 14.2 Å². The van der Waals surface area contributed by atoms with Crippen LogP contribution in [0.15, 0.2) is 47.7 Å². The molecule has 3 rings (SSSR count). The Morgan fingerprint density at radius 3 is 2.40 bits per heavy atom. The lowest BCUT2D eigenvalue weighted by Crippen LogP contribution is -2.44. The van der Waals surface area contributed by atoms with Crippen molar-refractivity contribution >= 4 is 11.5 Å². The molecule has 0 saturated carbocycles. The van der Waals surface area contributed by atoms with Gasteiger partial charge in [-0.2, -0.15) is 5.10 Å². The first-order chi connectivity index (χ1) is 12.2. The van der Waals surface area contributed by atoms with Gasteiger partial charge < -0.3 is 14.4 Å². The van der Waals surface area contributed by atoms with Gasteiger partial charge in [0.1, 0.15) is 5.82 Å². The highest BCUT2D eigenvalue weighted by Crippen LogP contribution is 2.27. The zero-order valence-corrected chi connectivity index (χ0v) is 15.0. The first-order valence-corrected chi connectivity index (χ1v) is 8.40. The number of pyridine rings is 1. The third-order valence-electron chi connectivity index (χ3n) is 4.32. The van der Waals surface area contributed by atoms with E-state index in [2.05, 4.69) is 14.9 Å². The van der Waals surface area contributed by atoms with Gasteiger partial charge in [-0.05, 0) is 37.3 Å². The van der Waals surface area contributed by atoms with Gasteiger partial charge in [0, 0.05) is 24.8 Å². The van der Waals surface area contributed by atoms with Crippen LogP contribution in [0.5, 0.6) is 11.5 Å². The zero-order valence-electron chi connectivity index (χ0n) is 15.0. The van der Waals surface area contributed by atoms with Crippen LogP contribution in [-0.4, -0.2) is 56.1 Å². The average Bonchev–Trinajstić information content (AvgIpc) is 2.68. The number of hydrogen-bond donors (Lipinski definition) is 0. The third-order valence-corrected chi connectivity index (χ3v) is 4.32. The van der Waals surface area contributed by atoms with Crippen molar-refractivity contribution in [2.24, 2.45) is 5.10 Å². The minimum absolute atomic E-state index is 0.717. The quantitative estimate of drug-likeness (QED) is 0.783. The summed E-state index contributed by atoms with van der Waals surface area (Å²) in [7, 11) is 3.28. The Balaban J connectivity index is 1.66. The van der Waals surface area contributed by atoms with Crippen LogP contribution < -0.4 is 14.4 Å². The van der Waals surface area contributed by atoms with E-state index in [1.807, 2.05) is 49.5 Å². The molecule has 132 valence electrons. The van der Waals surface area contributed by atoms with Crippen molar-refractivity contribution < 1.29 is 9.47 Å². The van der Waals surface area contributed by atoms with Crippen LogP contribution in [-0.2, 0) is 0 Å². The summed E-state index contributed by atoms with van der Waals surface area (Å²) in [5, 5.41) is 6.89. The third kappa shape index (κ3) is 4.02. The molecule has 0 bridgehead atoms. The van der Waals surface area contributed by atoms with Crippen LogP contribution in [0.2, 0.25) is 0 Å². The highest BCUT2D eigenvalue weighted by Gasteiger charge is 2.17. The van der Waals surface area contributed by atoms with E-state index in [9.17, 15) is 0 Å². The summed E-state index contributed by atoms with van der Waals surface area (Å²) in [6.07, 6.45) is 1.83. The molecule has 0 spiro atoms. The summed E-state index contributed by atoms with van der Waals surface area (Å²) < 4.78 is 10.7. The molecular weight excluding hydrogens is 316 g/mol. The van der Waals surface area contributed by atoms with Gasteiger partial charge in [-0.1, -0.05) is 6.07 Å². The molecule has 2 aromatic rings. The van der Waals surface area contributed by atoms with Gasteiger partial charge in [0.05, 0.1) is 33.0 Å². The Kier molecular flexibility index (Phi) is 5.38. The van der Waals surface area contributed by atoms with Gasteiger partial charge in [0.25, 0.3) is 0 Å². The summed E-state index contributed by atoms with van der Waals surface area (Å²) in [5.74, 6) is 2.47. The molecule has 0 radical (unpaired) electrons. The van der Waals surface area contributed by atoms with E-state index in [0.29, 0.717) is 0 Å². The van der Waals surface area contributed by atoms with Crippen molar-refractivity contribution in [1.29, 1.82) is 0 Å². The molecule has 2 heterocycles. The largest absolute Gasteiger partial charge is 0.493 e. The summed E-state index contributed by atoms with van der Waals surface area (Å²) in [6.45, 7) is 5.61. The van der Waals surface area contributed by atoms with Crippen LogP contribution in [0.3, 0.4) is 0 Å². The van der Waals surface area contributed by atoms with Gasteiger partial charge >= 0.3 is 0 Å². The molecule has 0 atom stereocenters. The lowest BCUT2D eigenvalue weighted by molar-refractivity contribution is 0.270. The smallest absolute Gasteiger partial charge is 0.161 e. The van der Waals surface area contributed by atoms with Gasteiger partial charge in [-0.15, -0.1) is 0 Å². The standard InChI is InChI=1S/C19H24N4O2/c1-15(16-7-8-17(24-2)18(14-16)25-3)21-23-12-10-22(11-13-23)19-6-4-5-9-20-19/h4-9,14H,10-13H2,1-3H3/b21-15-. The topological polar surface area (TPSA) is 50.2 Å². The van der Waals surface area contributed by atoms with E-state index in [0.717, 1.165) is 54.8 Å². The molecule has 25 heavy (non-hydrogen) atoms. The number of benzene rings is 1. The maximum absolute atomic E-state index is 5.37. The number of anilines is 1. The molecule has 1 aliphatic heterocycles. The Bertz CT molecular complexity index is 725. The summed E-state index contributed by atoms with van der Waals surface area (Å²) in [6, 6.07) is 11.9. The van der Waals surface area contributed by atoms with Crippen molar-refractivity contribution in [1.82, 2.24) is 9.99 Å². The number of ether oxygens (including phenoxy) is 2. The van der Waals surface area contributed by atoms with Crippen molar-refractivity contribution in [3.63, 3.8) is 0 Å². The predicted molar refractivity (Wildman–Crippen MR) is 99.8 cm³/mol. The molecule has 0 aliphatic carbocycles. The molecule has 1 aromatic carbocycles. The molecule has 0 N–H and O–H groups in total. The number of hydrazone groups is 1. The fourth-order valence-corrected chi connectivity index (χ4v) is 2.90. The SMILES string of the molecule is COc1ccc(/C(C)=N\N2CCN(c3ccccn3)CC2)cc1OC. The molecule has 1 aliphatic rings. The normalized spacial score (nSPS) is 15.2. The Morgan fingerprint density at radius 2 is 1.76 bits per heavy atom. The van der Waals surface area contributed by atoms with Gasteiger partial charge in [0.15, 0.2) is 11.5 Å². The Labute approximate surface area is 148 Å². The molecule has 0 amide bonds. The number of rotatable bonds is 5. The predicted octanol–water partition coefficient (Wildman–Crippen LogP) is 2.65. The van der Waals surface area contributed by atoms with E-state index in [-0.39, 0.29) is 0 Å². The fourth-order valence-electron chi connectivity index (χ4n) is 2.90. The van der Waals surface area contributed by atoms with E-state index in [4.69, 9.17) is 14.6 Å². The van der Waals surface area contributed by atoms with Crippen molar-refractivity contribution in [2.45, 2.75) is 6.92 Å². The minimum Gasteiger partial charge on any atom is -0.493 e. The van der Waals surface area contributed by atoms with E-state index in [1.165, 1.54) is 0 Å². The van der Waals surface area contributed by atoms with Crippen LogP contribution in [0.4, 0.5) is 5.82 Å². The van der Waals surface area contributed by atoms with Crippen LogP contribution in [0, 0.1) is 0 Å². The summed E-state index contributed by atoms with van der Waals surface area (Å²) in [4.78, 5) is 6.71. The van der Waals surface area contributed by atoms with Crippen LogP contribution in [0.25, 0.3) is 0 Å². The lowest BCUT2D eigenvalue weighted by Gasteiger charge is -2.34. The molecule has 1 fully saturated rings. The van der Waals surface area contributed by atoms with Gasteiger partial charge in [-0.3, -0.25) is 5.01 Å². The van der Waals surface area contributed by atoms with Crippen molar-refractivity contribution in [3.05, 3.63) is 48.2 Å². The fraction of sp³-hybridized carbons (Fsp3) is 0.368. The second-order valence-corrected chi connectivity index (χ2v) is 5.88. The Morgan fingerprint density at radius 1 is 1.00 bits per heavy atom. The second-order valence-electron chi connectivity index (χ2n) is 5.88. The number of methoxy groups -OCH3 is 2. The van der Waals surface area contributed by atoms with E-state index < -0.39 is 0 Å². The first kappa shape index (κ1) is 17.1. The molecule has 6 heteroatoms. The highest BCUT2D eigenvalue weighted by atomic mass is 16.5. The minimum atomic E-state index is 0.717. The van der Waals surface area contributed by atoms with Crippen molar-refractivity contribution in [2.75, 3.05) is 45.3 Å². The molecule has 1 saturated heterocycles. The number of nitrogens with zero attached hydrogens (tertiary/aromatic N) is 4. The number of hydrogen-bond acceptors (Lipinski definition) is 6. The van der Waals surface area contributed by atoms with Crippen LogP contribution >= 0.6 is 0 Å². The number of aromatic nitrogens is 1. The van der Waals surface area contributed by atoms with Gasteiger partial charge in [-0.25, -0.2) is 4.98 Å². The first-order valence-electron chi connectivity index (χ1n) is 8.40. The Hall–Kier alpha value is -2.76. The molecular formula is C19H24N4O2. The lowest BCUT2D eigenvalue weighted by atomic mass is 10.1. The average molecular weight is 340 g/mol. The molecule has 0 unspecified atom stereocenters. The second kappa shape index (κ2) is 7.88. The zero-order chi connectivity index (χ0) is 17.6. The van der Waals surface area contributed by atoms with Gasteiger partial charge in [0.2, 0.25) is 0 Å². The molecule has 1 aromatic heterocycles. The summed E-state index contributed by atoms with van der Waals surface area (Å²) in [5.41, 5.74) is 2.00. The van der Waals surface area contributed by atoms with Crippen molar-refractivity contribution in [3.8, 4) is 11.5 Å². The van der Waals surface area contributed by atoms with Crippen LogP contribution in [0.1, 0.15) is 12.5 Å².